The molecule has 0 saturated carbocycles. The quantitative estimate of drug-likeness (QED) is 0.577. The number of halogens is 1. The van der Waals surface area contributed by atoms with Gasteiger partial charge in [-0.2, -0.15) is 10.1 Å². The first-order valence-electron chi connectivity index (χ1n) is 8.95. The lowest BCUT2D eigenvalue weighted by Gasteiger charge is -2.13. The van der Waals surface area contributed by atoms with Gasteiger partial charge in [-0.15, -0.1) is 0 Å². The first-order chi connectivity index (χ1) is 14.7. The maximum atomic E-state index is 12.9. The van der Waals surface area contributed by atoms with E-state index in [4.69, 9.17) is 20.3 Å². The number of ether oxygens (including phenoxy) is 2. The van der Waals surface area contributed by atoms with Crippen molar-refractivity contribution < 1.29 is 29.0 Å². The molecule has 0 unspecified atom stereocenters. The van der Waals surface area contributed by atoms with Crippen LogP contribution in [0.3, 0.4) is 0 Å². The number of anilines is 1. The van der Waals surface area contributed by atoms with Crippen LogP contribution in [-0.2, 0) is 9.59 Å². The number of aromatic carboxylic acids is 1. The van der Waals surface area contributed by atoms with Gasteiger partial charge in [0.2, 0.25) is 0 Å². The fourth-order valence-corrected chi connectivity index (χ4v) is 3.45. The van der Waals surface area contributed by atoms with Gasteiger partial charge in [0.25, 0.3) is 11.8 Å². The van der Waals surface area contributed by atoms with Crippen LogP contribution in [0.2, 0.25) is 0 Å². The van der Waals surface area contributed by atoms with Crippen LogP contribution in [0.15, 0.2) is 51.5 Å². The number of primary amides is 1. The number of carbonyl (C=O) groups is 3. The molecule has 0 aliphatic carbocycles. The van der Waals surface area contributed by atoms with E-state index in [0.29, 0.717) is 38.5 Å². The third-order valence-electron chi connectivity index (χ3n) is 4.34. The van der Waals surface area contributed by atoms with E-state index in [2.05, 4.69) is 21.0 Å². The molecule has 0 saturated heterocycles. The summed E-state index contributed by atoms with van der Waals surface area (Å²) in [5, 5.41) is 14.5. The van der Waals surface area contributed by atoms with E-state index >= 15 is 0 Å². The molecule has 0 fully saturated rings. The van der Waals surface area contributed by atoms with Crippen molar-refractivity contribution in [2.75, 3.05) is 18.7 Å². The third kappa shape index (κ3) is 4.75. The molecule has 3 rings (SSSR count). The van der Waals surface area contributed by atoms with Gasteiger partial charge in [0.15, 0.2) is 18.1 Å². The van der Waals surface area contributed by atoms with Crippen molar-refractivity contribution in [3.8, 4) is 11.5 Å². The van der Waals surface area contributed by atoms with Gasteiger partial charge in [-0.05, 0) is 70.9 Å². The molecule has 31 heavy (non-hydrogen) atoms. The maximum absolute atomic E-state index is 12.9. The summed E-state index contributed by atoms with van der Waals surface area (Å²) in [7, 11) is 1.45. The summed E-state index contributed by atoms with van der Waals surface area (Å²) in [5.41, 5.74) is 7.18. The zero-order valence-electron chi connectivity index (χ0n) is 16.6. The van der Waals surface area contributed by atoms with Crippen molar-refractivity contribution in [1.29, 1.82) is 0 Å². The number of rotatable bonds is 7. The average molecular weight is 488 g/mol. The molecular weight excluding hydrogens is 470 g/mol. The fraction of sp³-hybridized carbons (Fsp3) is 0.143. The molecule has 2 amide bonds. The first kappa shape index (κ1) is 22.0. The molecule has 10 heteroatoms. The number of carboxylic acids is 1. The second-order valence-corrected chi connectivity index (χ2v) is 7.36. The lowest BCUT2D eigenvalue weighted by Crippen LogP contribution is -2.21. The van der Waals surface area contributed by atoms with Gasteiger partial charge in [0, 0.05) is 0 Å². The lowest BCUT2D eigenvalue weighted by atomic mass is 10.1. The Bertz CT molecular complexity index is 1120. The molecule has 1 heterocycles. The molecule has 3 N–H and O–H groups in total. The van der Waals surface area contributed by atoms with E-state index < -0.39 is 11.9 Å². The Hall–Kier alpha value is -3.66. The highest BCUT2D eigenvalue weighted by atomic mass is 79.9. The Morgan fingerprint density at radius 1 is 1.26 bits per heavy atom. The summed E-state index contributed by atoms with van der Waals surface area (Å²) >= 11 is 3.38. The highest BCUT2D eigenvalue weighted by Crippen LogP contribution is 2.37. The number of nitrogens with two attached hydrogens (primary N) is 1. The van der Waals surface area contributed by atoms with E-state index in [1.165, 1.54) is 36.4 Å². The molecule has 2 aromatic rings. The maximum Gasteiger partial charge on any atom is 0.335 e. The Kier molecular flexibility index (Phi) is 6.40. The molecule has 1 aliphatic heterocycles. The van der Waals surface area contributed by atoms with Gasteiger partial charge in [-0.25, -0.2) is 4.79 Å². The number of hydrogen-bond acceptors (Lipinski definition) is 6. The van der Waals surface area contributed by atoms with Crippen LogP contribution in [0.1, 0.15) is 22.8 Å². The van der Waals surface area contributed by atoms with Crippen LogP contribution in [0.25, 0.3) is 6.08 Å². The number of carbonyl (C=O) groups excluding carboxylic acids is 2. The first-order valence-corrected chi connectivity index (χ1v) is 9.74. The van der Waals surface area contributed by atoms with Gasteiger partial charge in [0.05, 0.1) is 34.1 Å². The average Bonchev–Trinajstić information content (AvgIpc) is 3.00. The van der Waals surface area contributed by atoms with Crippen LogP contribution in [0, 0.1) is 0 Å². The summed E-state index contributed by atoms with van der Waals surface area (Å²) < 4.78 is 11.2. The number of hydrogen-bond donors (Lipinski definition) is 2. The Morgan fingerprint density at radius 3 is 2.52 bits per heavy atom. The van der Waals surface area contributed by atoms with Gasteiger partial charge in [-0.1, -0.05) is 0 Å². The Labute approximate surface area is 185 Å². The van der Waals surface area contributed by atoms with Gasteiger partial charge >= 0.3 is 5.97 Å². The number of nitrogens with zero attached hydrogens (tertiary/aromatic N) is 2. The van der Waals surface area contributed by atoms with Crippen molar-refractivity contribution >= 4 is 51.2 Å². The Morgan fingerprint density at radius 2 is 1.94 bits per heavy atom. The molecule has 1 aliphatic rings. The van der Waals surface area contributed by atoms with Crippen molar-refractivity contribution in [2.24, 2.45) is 10.8 Å². The zero-order valence-corrected chi connectivity index (χ0v) is 18.2. The van der Waals surface area contributed by atoms with E-state index in [1.54, 1.807) is 25.1 Å². The van der Waals surface area contributed by atoms with Crippen LogP contribution in [0.5, 0.6) is 11.5 Å². The molecule has 0 aromatic heterocycles. The highest BCUT2D eigenvalue weighted by Gasteiger charge is 2.29. The monoisotopic (exact) mass is 487 g/mol. The topological polar surface area (TPSA) is 132 Å². The van der Waals surface area contributed by atoms with Crippen molar-refractivity contribution in [3.05, 3.63) is 57.6 Å². The van der Waals surface area contributed by atoms with Crippen molar-refractivity contribution in [1.82, 2.24) is 0 Å². The Balaban J connectivity index is 1.90. The summed E-state index contributed by atoms with van der Waals surface area (Å²) in [6.07, 6.45) is 1.65. The van der Waals surface area contributed by atoms with E-state index in [9.17, 15) is 14.4 Å². The van der Waals surface area contributed by atoms with E-state index in [1.807, 2.05) is 0 Å². The summed E-state index contributed by atoms with van der Waals surface area (Å²) in [6.45, 7) is 1.39. The summed E-state index contributed by atoms with van der Waals surface area (Å²) in [5.74, 6) is -1.37. The molecular formula is C21H18BrN3O6. The fourth-order valence-electron chi connectivity index (χ4n) is 2.88. The molecule has 0 spiro atoms. The SMILES string of the molecule is COc1cc(/C=C2/C(=O)N(c3ccc(C(=O)O)cc3)N=C2C)cc(Br)c1OCC(N)=O. The van der Waals surface area contributed by atoms with Crippen molar-refractivity contribution in [2.45, 2.75) is 6.92 Å². The molecule has 0 radical (unpaired) electrons. The van der Waals surface area contributed by atoms with Gasteiger partial charge < -0.3 is 20.3 Å². The normalized spacial score (nSPS) is 14.5. The summed E-state index contributed by atoms with van der Waals surface area (Å²) in [4.78, 5) is 35.0. The van der Waals surface area contributed by atoms with E-state index in [0.717, 1.165) is 0 Å². The second kappa shape index (κ2) is 9.00. The summed E-state index contributed by atoms with van der Waals surface area (Å²) in [6, 6.07) is 9.21. The third-order valence-corrected chi connectivity index (χ3v) is 4.93. The molecule has 0 atom stereocenters. The van der Waals surface area contributed by atoms with Crippen LogP contribution in [0.4, 0.5) is 5.69 Å². The van der Waals surface area contributed by atoms with Crippen LogP contribution < -0.4 is 20.2 Å². The smallest absolute Gasteiger partial charge is 0.335 e. The zero-order chi connectivity index (χ0) is 22.7. The molecule has 160 valence electrons. The number of carboxylic acid groups (broad SMARTS) is 1. The highest BCUT2D eigenvalue weighted by molar-refractivity contribution is 9.10. The molecule has 0 bridgehead atoms. The minimum Gasteiger partial charge on any atom is -0.493 e. The second-order valence-electron chi connectivity index (χ2n) is 6.50. The molecule has 2 aromatic carbocycles. The molecule has 9 nitrogen and oxygen atoms in total. The minimum absolute atomic E-state index is 0.113. The van der Waals surface area contributed by atoms with Gasteiger partial charge in [0.1, 0.15) is 0 Å². The minimum atomic E-state index is -1.05. The van der Waals surface area contributed by atoms with Crippen LogP contribution >= 0.6 is 15.9 Å². The van der Waals surface area contributed by atoms with Gasteiger partial charge in [-0.3, -0.25) is 9.59 Å². The van der Waals surface area contributed by atoms with Crippen molar-refractivity contribution in [3.63, 3.8) is 0 Å². The van der Waals surface area contributed by atoms with Crippen LogP contribution in [-0.4, -0.2) is 42.3 Å². The standard InChI is InChI=1S/C21H18BrN3O6/c1-11-15(20(27)25(24-11)14-5-3-13(4-6-14)21(28)29)7-12-8-16(22)19(17(9-12)30-2)31-10-18(23)26/h3-9H,10H2,1-2H3,(H2,23,26)(H,28,29)/b15-7+. The predicted molar refractivity (Wildman–Crippen MR) is 117 cm³/mol. The lowest BCUT2D eigenvalue weighted by molar-refractivity contribution is -0.120. The largest absolute Gasteiger partial charge is 0.493 e. The number of amides is 2. The van der Waals surface area contributed by atoms with E-state index in [-0.39, 0.29) is 18.1 Å². The number of hydrazone groups is 1. The number of benzene rings is 2. The predicted octanol–water partition coefficient (Wildman–Crippen LogP) is 2.83. The number of methoxy groups -OCH3 is 1.